The molecule has 1 aliphatic heterocycles. The fourth-order valence-electron chi connectivity index (χ4n) is 0.781. The van der Waals surface area contributed by atoms with Crippen molar-refractivity contribution in [2.45, 2.75) is 11.1 Å². The van der Waals surface area contributed by atoms with Crippen LogP contribution in [-0.2, 0) is 0 Å². The SMILES string of the molecule is CCO.OC1=CNSc2sccc21. The van der Waals surface area contributed by atoms with Gasteiger partial charge in [0.1, 0.15) is 5.76 Å². The fraction of sp³-hybridized carbons (Fsp3) is 0.250. The molecule has 72 valence electrons. The molecule has 0 atom stereocenters. The molecule has 0 saturated heterocycles. The molecule has 0 spiro atoms. The third-order valence-corrected chi connectivity index (χ3v) is 3.14. The minimum Gasteiger partial charge on any atom is -0.506 e. The lowest BCUT2D eigenvalue weighted by molar-refractivity contribution is 0.318. The van der Waals surface area contributed by atoms with Gasteiger partial charge in [-0.15, -0.1) is 11.3 Å². The molecule has 0 amide bonds. The third-order valence-electron chi connectivity index (χ3n) is 1.25. The van der Waals surface area contributed by atoms with Gasteiger partial charge in [0.15, 0.2) is 0 Å². The topological polar surface area (TPSA) is 52.5 Å². The average Bonchev–Trinajstić information content (AvgIpc) is 2.54. The lowest BCUT2D eigenvalue weighted by Crippen LogP contribution is -1.99. The van der Waals surface area contributed by atoms with Crippen LogP contribution in [0, 0.1) is 0 Å². The zero-order chi connectivity index (χ0) is 9.68. The normalized spacial score (nSPS) is 13.2. The van der Waals surface area contributed by atoms with E-state index in [9.17, 15) is 5.11 Å². The van der Waals surface area contributed by atoms with Gasteiger partial charge in [-0.3, -0.25) is 0 Å². The Bertz CT molecular complexity index is 296. The second kappa shape index (κ2) is 5.16. The third kappa shape index (κ3) is 2.65. The number of hydrogen-bond donors (Lipinski definition) is 3. The van der Waals surface area contributed by atoms with Gasteiger partial charge in [-0.2, -0.15) is 0 Å². The maximum Gasteiger partial charge on any atom is 0.141 e. The number of aliphatic hydroxyl groups excluding tert-OH is 2. The van der Waals surface area contributed by atoms with Crippen molar-refractivity contribution >= 4 is 29.0 Å². The lowest BCUT2D eigenvalue weighted by Gasteiger charge is -2.07. The summed E-state index contributed by atoms with van der Waals surface area (Å²) in [6.45, 7) is 1.93. The molecule has 2 heterocycles. The van der Waals surface area contributed by atoms with Crippen LogP contribution in [0.1, 0.15) is 12.5 Å². The second-order valence-corrected chi connectivity index (χ2v) is 4.21. The van der Waals surface area contributed by atoms with Crippen molar-refractivity contribution < 1.29 is 10.2 Å². The molecule has 0 radical (unpaired) electrons. The zero-order valence-corrected chi connectivity index (χ0v) is 8.78. The Hall–Kier alpha value is -0.650. The molecule has 0 fully saturated rings. The van der Waals surface area contributed by atoms with Crippen LogP contribution in [0.15, 0.2) is 21.9 Å². The van der Waals surface area contributed by atoms with Gasteiger partial charge in [0.25, 0.3) is 0 Å². The predicted molar refractivity (Wildman–Crippen MR) is 56.7 cm³/mol. The molecule has 13 heavy (non-hydrogen) atoms. The van der Waals surface area contributed by atoms with E-state index in [1.165, 1.54) is 11.9 Å². The smallest absolute Gasteiger partial charge is 0.141 e. The van der Waals surface area contributed by atoms with Crippen molar-refractivity contribution in [1.82, 2.24) is 4.72 Å². The standard InChI is InChI=1S/C6H5NOS2.C2H6O/c8-5-3-7-10-6-4(5)1-2-9-6;1-2-3/h1-3,7-8H;3H,2H2,1H3. The van der Waals surface area contributed by atoms with E-state index in [0.717, 1.165) is 9.77 Å². The first-order valence-corrected chi connectivity index (χ1v) is 5.49. The Balaban J connectivity index is 0.000000251. The monoisotopic (exact) mass is 217 g/mol. The molecule has 0 bridgehead atoms. The minimum atomic E-state index is 0.250. The molecule has 5 heteroatoms. The van der Waals surface area contributed by atoms with Gasteiger partial charge in [0.05, 0.1) is 10.4 Å². The summed E-state index contributed by atoms with van der Waals surface area (Å²) in [5.41, 5.74) is 0.939. The van der Waals surface area contributed by atoms with Gasteiger partial charge in [0.2, 0.25) is 0 Å². The summed E-state index contributed by atoms with van der Waals surface area (Å²) in [6, 6.07) is 1.92. The largest absolute Gasteiger partial charge is 0.506 e. The highest BCUT2D eigenvalue weighted by atomic mass is 32.2. The Kier molecular flexibility index (Phi) is 4.14. The Labute approximate surface area is 85.2 Å². The van der Waals surface area contributed by atoms with Crippen LogP contribution in [0.2, 0.25) is 0 Å². The average molecular weight is 217 g/mol. The quantitative estimate of drug-likeness (QED) is 0.583. The van der Waals surface area contributed by atoms with Crippen molar-refractivity contribution in [2.24, 2.45) is 0 Å². The highest BCUT2D eigenvalue weighted by Crippen LogP contribution is 2.33. The van der Waals surface area contributed by atoms with Crippen molar-refractivity contribution in [3.63, 3.8) is 0 Å². The molecule has 3 N–H and O–H groups in total. The summed E-state index contributed by atoms with van der Waals surface area (Å²) in [4.78, 5) is 0. The van der Waals surface area contributed by atoms with Crippen molar-refractivity contribution in [2.75, 3.05) is 6.61 Å². The van der Waals surface area contributed by atoms with Crippen molar-refractivity contribution in [3.05, 3.63) is 23.2 Å². The van der Waals surface area contributed by atoms with Crippen molar-refractivity contribution in [3.8, 4) is 0 Å². The molecule has 2 rings (SSSR count). The van der Waals surface area contributed by atoms with Crippen LogP contribution in [0.5, 0.6) is 0 Å². The summed E-state index contributed by atoms with van der Waals surface area (Å²) in [5.74, 6) is 0.329. The van der Waals surface area contributed by atoms with Crippen LogP contribution < -0.4 is 4.72 Å². The number of nitrogens with one attached hydrogen (secondary N) is 1. The molecule has 1 aromatic heterocycles. The van der Waals surface area contributed by atoms with Crippen molar-refractivity contribution in [1.29, 1.82) is 0 Å². The highest BCUT2D eigenvalue weighted by Gasteiger charge is 2.12. The molecule has 1 aliphatic rings. The Morgan fingerprint density at radius 3 is 2.85 bits per heavy atom. The number of thiophene rings is 1. The lowest BCUT2D eigenvalue weighted by atomic mass is 10.3. The number of fused-ring (bicyclic) bond motifs is 1. The predicted octanol–water partition coefficient (Wildman–Crippen LogP) is 2.21. The van der Waals surface area contributed by atoms with E-state index in [1.54, 1.807) is 24.5 Å². The van der Waals surface area contributed by atoms with Gasteiger partial charge < -0.3 is 14.9 Å². The number of hydrogen-bond acceptors (Lipinski definition) is 5. The summed E-state index contributed by atoms with van der Waals surface area (Å²) >= 11 is 3.16. The molecule has 3 nitrogen and oxygen atoms in total. The zero-order valence-electron chi connectivity index (χ0n) is 7.15. The molecule has 0 aromatic carbocycles. The second-order valence-electron chi connectivity index (χ2n) is 2.19. The van der Waals surface area contributed by atoms with E-state index in [2.05, 4.69) is 4.72 Å². The van der Waals surface area contributed by atoms with Crippen LogP contribution in [-0.4, -0.2) is 16.8 Å². The first-order chi connectivity index (χ1) is 6.29. The summed E-state index contributed by atoms with van der Waals surface area (Å²) in [6.07, 6.45) is 1.60. The first kappa shape index (κ1) is 10.4. The highest BCUT2D eigenvalue weighted by molar-refractivity contribution is 7.99. The summed E-state index contributed by atoms with van der Waals surface area (Å²) in [5, 5.41) is 18.8. The Morgan fingerprint density at radius 2 is 2.23 bits per heavy atom. The molecular weight excluding hydrogens is 206 g/mol. The van der Waals surface area contributed by atoms with E-state index in [0.29, 0.717) is 5.76 Å². The molecule has 1 aromatic rings. The van der Waals surface area contributed by atoms with Gasteiger partial charge in [-0.1, -0.05) is 0 Å². The Morgan fingerprint density at radius 1 is 1.54 bits per heavy atom. The van der Waals surface area contributed by atoms with Gasteiger partial charge >= 0.3 is 0 Å². The molecule has 0 aliphatic carbocycles. The number of rotatable bonds is 0. The summed E-state index contributed by atoms with van der Waals surface area (Å²) in [7, 11) is 0. The van der Waals surface area contributed by atoms with E-state index in [1.807, 2.05) is 11.4 Å². The van der Waals surface area contributed by atoms with E-state index >= 15 is 0 Å². The summed E-state index contributed by atoms with van der Waals surface area (Å²) < 4.78 is 4.02. The van der Waals surface area contributed by atoms with Gasteiger partial charge in [0, 0.05) is 12.2 Å². The maximum atomic E-state index is 9.24. The maximum absolute atomic E-state index is 9.24. The van der Waals surface area contributed by atoms with Crippen LogP contribution in [0.25, 0.3) is 5.76 Å². The van der Waals surface area contributed by atoms with Gasteiger partial charge in [-0.05, 0) is 30.3 Å². The minimum absolute atomic E-state index is 0.250. The molecule has 0 unspecified atom stereocenters. The van der Waals surface area contributed by atoms with E-state index in [4.69, 9.17) is 5.11 Å². The van der Waals surface area contributed by atoms with Crippen LogP contribution in [0.4, 0.5) is 0 Å². The molecular formula is C8H11NO2S2. The van der Waals surface area contributed by atoms with Crippen LogP contribution in [0.3, 0.4) is 0 Å². The van der Waals surface area contributed by atoms with Gasteiger partial charge in [-0.25, -0.2) is 0 Å². The first-order valence-electron chi connectivity index (χ1n) is 3.79. The van der Waals surface area contributed by atoms with E-state index < -0.39 is 0 Å². The number of aliphatic hydroxyl groups is 2. The van der Waals surface area contributed by atoms with E-state index in [-0.39, 0.29) is 6.61 Å². The van der Waals surface area contributed by atoms with Crippen LogP contribution >= 0.6 is 23.3 Å². The molecule has 0 saturated carbocycles. The fourth-order valence-corrected chi connectivity index (χ4v) is 2.47.